The summed E-state index contributed by atoms with van der Waals surface area (Å²) < 4.78 is 41.1. The van der Waals surface area contributed by atoms with Crippen LogP contribution < -0.4 is 10.6 Å². The molecule has 1 aromatic carbocycles. The van der Waals surface area contributed by atoms with Gasteiger partial charge in [0, 0.05) is 30.7 Å². The minimum atomic E-state index is -4.47. The third-order valence-corrected chi connectivity index (χ3v) is 5.74. The molecule has 0 spiro atoms. The van der Waals surface area contributed by atoms with Crippen LogP contribution in [-0.2, 0) is 25.8 Å². The molecule has 2 heterocycles. The van der Waals surface area contributed by atoms with Gasteiger partial charge in [-0.2, -0.15) is 13.2 Å². The summed E-state index contributed by atoms with van der Waals surface area (Å²) in [7, 11) is 0. The molecule has 7 nitrogen and oxygen atoms in total. The molecule has 34 heavy (non-hydrogen) atoms. The number of rotatable bonds is 7. The quantitative estimate of drug-likeness (QED) is 0.487. The number of benzene rings is 1. The zero-order valence-corrected chi connectivity index (χ0v) is 18.1. The molecule has 1 atom stereocenters. The predicted octanol–water partition coefficient (Wildman–Crippen LogP) is 3.82. The molecule has 3 N–H and O–H groups in total. The van der Waals surface area contributed by atoms with Crippen molar-refractivity contribution in [2.45, 2.75) is 38.0 Å². The first-order chi connectivity index (χ1) is 16.2. The predicted molar refractivity (Wildman–Crippen MR) is 119 cm³/mol. The Hall–Kier alpha value is -3.82. The van der Waals surface area contributed by atoms with Crippen LogP contribution >= 0.6 is 0 Å². The summed E-state index contributed by atoms with van der Waals surface area (Å²) >= 11 is 0. The fraction of sp³-hybridized carbons (Fsp3) is 0.292. The van der Waals surface area contributed by atoms with Crippen molar-refractivity contribution in [2.75, 3.05) is 6.54 Å². The number of halogens is 3. The monoisotopic (exact) mass is 472 g/mol. The maximum absolute atomic E-state index is 13.3. The number of amides is 2. The average molecular weight is 472 g/mol. The summed E-state index contributed by atoms with van der Waals surface area (Å²) in [6.45, 7) is -1.27. The van der Waals surface area contributed by atoms with E-state index in [0.29, 0.717) is 36.1 Å². The van der Waals surface area contributed by atoms with Crippen molar-refractivity contribution >= 4 is 12.0 Å². The van der Waals surface area contributed by atoms with Crippen molar-refractivity contribution in [1.82, 2.24) is 20.2 Å². The Morgan fingerprint density at radius 1 is 1.15 bits per heavy atom. The Bertz CT molecular complexity index is 1190. The van der Waals surface area contributed by atoms with Gasteiger partial charge in [-0.15, -0.1) is 0 Å². The minimum absolute atomic E-state index is 0.0457. The molecule has 10 heteroatoms. The van der Waals surface area contributed by atoms with Crippen molar-refractivity contribution in [2.24, 2.45) is 0 Å². The van der Waals surface area contributed by atoms with Crippen LogP contribution in [0.3, 0.4) is 0 Å². The van der Waals surface area contributed by atoms with E-state index in [-0.39, 0.29) is 12.1 Å². The van der Waals surface area contributed by atoms with Crippen LogP contribution in [0.2, 0.25) is 0 Å². The van der Waals surface area contributed by atoms with Gasteiger partial charge in [-0.25, -0.2) is 4.79 Å². The summed E-state index contributed by atoms with van der Waals surface area (Å²) in [5, 5.41) is 14.1. The topological polar surface area (TPSA) is 96.3 Å². The molecule has 2 aromatic heterocycles. The molecule has 1 aliphatic rings. The fourth-order valence-corrected chi connectivity index (χ4v) is 4.35. The van der Waals surface area contributed by atoms with Crippen molar-refractivity contribution in [3.63, 3.8) is 0 Å². The molecule has 3 aromatic rings. The number of carbonyl (C=O) groups is 2. The molecule has 0 unspecified atom stereocenters. The van der Waals surface area contributed by atoms with Crippen LogP contribution in [0.25, 0.3) is 11.3 Å². The van der Waals surface area contributed by atoms with E-state index in [2.05, 4.69) is 15.6 Å². The molecule has 2 amide bonds. The molecule has 1 aliphatic carbocycles. The molecule has 0 saturated heterocycles. The molecule has 178 valence electrons. The highest BCUT2D eigenvalue weighted by Crippen LogP contribution is 2.37. The third kappa shape index (κ3) is 5.38. The fourth-order valence-electron chi connectivity index (χ4n) is 4.35. The standard InChI is InChI=1S/C24H23F3N4O3/c25-24(26,27)14-31-13-20(19-7-6-16-11-28-9-8-18(16)21(19)31)22(32)30-17(12-29-23(33)34)10-15-4-2-1-3-5-15/h1-5,8-9,11,13,17,29H,6-7,10,12,14H2,(H,30,32)(H,33,34)/t17-/m0/s1. The van der Waals surface area contributed by atoms with Gasteiger partial charge in [0.25, 0.3) is 5.91 Å². The average Bonchev–Trinajstić information content (AvgIpc) is 3.15. The molecule has 4 rings (SSSR count). The van der Waals surface area contributed by atoms with E-state index >= 15 is 0 Å². The van der Waals surface area contributed by atoms with Crippen LogP contribution in [0.4, 0.5) is 18.0 Å². The van der Waals surface area contributed by atoms with E-state index in [9.17, 15) is 22.8 Å². The zero-order chi connectivity index (χ0) is 24.3. The Labute approximate surface area is 193 Å². The molecule has 0 fully saturated rings. The number of hydrogen-bond donors (Lipinski definition) is 3. The van der Waals surface area contributed by atoms with Crippen LogP contribution in [0.15, 0.2) is 55.0 Å². The lowest BCUT2D eigenvalue weighted by atomic mass is 9.89. The highest BCUT2D eigenvalue weighted by Gasteiger charge is 2.33. The number of aryl methyl sites for hydroxylation is 1. The molecule has 0 radical (unpaired) electrons. The molecular formula is C24H23F3N4O3. The number of aromatic nitrogens is 2. The summed E-state index contributed by atoms with van der Waals surface area (Å²) in [5.74, 6) is -0.539. The van der Waals surface area contributed by atoms with Crippen LogP contribution in [0.1, 0.15) is 27.0 Å². The summed E-state index contributed by atoms with van der Waals surface area (Å²) in [4.78, 5) is 28.3. The van der Waals surface area contributed by atoms with E-state index < -0.39 is 30.8 Å². The lowest BCUT2D eigenvalue weighted by Gasteiger charge is -2.21. The number of nitrogens with one attached hydrogen (secondary N) is 2. The van der Waals surface area contributed by atoms with Gasteiger partial charge in [0.2, 0.25) is 0 Å². The van der Waals surface area contributed by atoms with Gasteiger partial charge in [0.15, 0.2) is 0 Å². The number of hydrogen-bond acceptors (Lipinski definition) is 3. The van der Waals surface area contributed by atoms with E-state index in [1.165, 1.54) is 12.4 Å². The first-order valence-electron chi connectivity index (χ1n) is 10.7. The van der Waals surface area contributed by atoms with Gasteiger partial charge in [0.1, 0.15) is 6.54 Å². The van der Waals surface area contributed by atoms with E-state index in [1.54, 1.807) is 12.3 Å². The van der Waals surface area contributed by atoms with Crippen LogP contribution in [-0.4, -0.2) is 45.4 Å². The van der Waals surface area contributed by atoms with Crippen molar-refractivity contribution in [3.05, 3.63) is 77.2 Å². The second kappa shape index (κ2) is 9.58. The smallest absolute Gasteiger partial charge is 0.406 e. The number of nitrogens with zero attached hydrogens (tertiary/aromatic N) is 2. The lowest BCUT2D eigenvalue weighted by molar-refractivity contribution is -0.140. The maximum atomic E-state index is 13.3. The van der Waals surface area contributed by atoms with Gasteiger partial charge < -0.3 is 20.3 Å². The van der Waals surface area contributed by atoms with Gasteiger partial charge in [-0.1, -0.05) is 30.3 Å². The van der Waals surface area contributed by atoms with Gasteiger partial charge >= 0.3 is 12.3 Å². The van der Waals surface area contributed by atoms with Crippen molar-refractivity contribution in [3.8, 4) is 11.3 Å². The minimum Gasteiger partial charge on any atom is -0.465 e. The van der Waals surface area contributed by atoms with E-state index in [4.69, 9.17) is 5.11 Å². The van der Waals surface area contributed by atoms with Gasteiger partial charge in [-0.3, -0.25) is 9.78 Å². The van der Waals surface area contributed by atoms with E-state index in [0.717, 1.165) is 15.7 Å². The third-order valence-electron chi connectivity index (χ3n) is 5.74. The summed E-state index contributed by atoms with van der Waals surface area (Å²) in [6, 6.07) is 10.3. The normalized spacial score (nSPS) is 13.5. The number of alkyl halides is 3. The van der Waals surface area contributed by atoms with Gasteiger partial charge in [0.05, 0.1) is 17.3 Å². The van der Waals surface area contributed by atoms with Crippen LogP contribution in [0, 0.1) is 0 Å². The number of pyridine rings is 1. The maximum Gasteiger partial charge on any atom is 0.406 e. The Kier molecular flexibility index (Phi) is 6.58. The first kappa shape index (κ1) is 23.3. The van der Waals surface area contributed by atoms with Crippen molar-refractivity contribution in [1.29, 1.82) is 0 Å². The largest absolute Gasteiger partial charge is 0.465 e. The number of carbonyl (C=O) groups excluding carboxylic acids is 1. The zero-order valence-electron chi connectivity index (χ0n) is 18.1. The lowest BCUT2D eigenvalue weighted by Crippen LogP contribution is -2.44. The first-order valence-corrected chi connectivity index (χ1v) is 10.7. The highest BCUT2D eigenvalue weighted by atomic mass is 19.4. The molecular weight excluding hydrogens is 449 g/mol. The van der Waals surface area contributed by atoms with Crippen LogP contribution in [0.5, 0.6) is 0 Å². The Morgan fingerprint density at radius 2 is 1.91 bits per heavy atom. The number of fused-ring (bicyclic) bond motifs is 3. The van der Waals surface area contributed by atoms with E-state index in [1.807, 2.05) is 30.3 Å². The molecule has 0 bridgehead atoms. The second-order valence-electron chi connectivity index (χ2n) is 8.19. The van der Waals surface area contributed by atoms with Gasteiger partial charge in [-0.05, 0) is 42.0 Å². The summed E-state index contributed by atoms with van der Waals surface area (Å²) in [5.41, 5.74) is 3.43. The highest BCUT2D eigenvalue weighted by molar-refractivity contribution is 5.98. The molecule has 0 aliphatic heterocycles. The SMILES string of the molecule is O=C(O)NC[C@H](Cc1ccccc1)NC(=O)c1cn(CC(F)(F)F)c2c1CCc1cnccc1-2. The number of carboxylic acid groups (broad SMARTS) is 1. The Balaban J connectivity index is 1.66. The van der Waals surface area contributed by atoms with Crippen molar-refractivity contribution < 1.29 is 27.9 Å². The second-order valence-corrected chi connectivity index (χ2v) is 8.19. The summed E-state index contributed by atoms with van der Waals surface area (Å²) in [6.07, 6.45) is 0.0135. The Morgan fingerprint density at radius 3 is 2.62 bits per heavy atom. The molecule has 0 saturated carbocycles.